The normalized spacial score (nSPS) is 11.0. The SMILES string of the molecule is CNCCc1c(C)c(-c2ccc(C)cc2C)nn1C. The summed E-state index contributed by atoms with van der Waals surface area (Å²) in [7, 11) is 4.02. The van der Waals surface area contributed by atoms with E-state index in [9.17, 15) is 0 Å². The lowest BCUT2D eigenvalue weighted by atomic mass is 9.99. The van der Waals surface area contributed by atoms with E-state index in [1.54, 1.807) is 0 Å². The summed E-state index contributed by atoms with van der Waals surface area (Å²) in [4.78, 5) is 0. The van der Waals surface area contributed by atoms with Crippen molar-refractivity contribution in [1.82, 2.24) is 15.1 Å². The van der Waals surface area contributed by atoms with E-state index in [0.717, 1.165) is 18.7 Å². The predicted molar refractivity (Wildman–Crippen MR) is 80.5 cm³/mol. The van der Waals surface area contributed by atoms with E-state index in [1.165, 1.54) is 27.9 Å². The van der Waals surface area contributed by atoms with Gasteiger partial charge in [0.25, 0.3) is 0 Å². The van der Waals surface area contributed by atoms with Gasteiger partial charge in [-0.3, -0.25) is 4.68 Å². The standard InChI is InChI=1S/C16H23N3/c1-11-6-7-14(12(2)10-11)16-13(3)15(8-9-17-4)19(5)18-16/h6-7,10,17H,8-9H2,1-5H3. The molecule has 1 N–H and O–H groups in total. The van der Waals surface area contributed by atoms with Crippen molar-refractivity contribution < 1.29 is 0 Å². The highest BCUT2D eigenvalue weighted by atomic mass is 15.3. The molecule has 0 saturated carbocycles. The second-order valence-electron chi connectivity index (χ2n) is 5.22. The van der Waals surface area contributed by atoms with E-state index in [4.69, 9.17) is 5.10 Å². The third-order valence-corrected chi connectivity index (χ3v) is 3.68. The number of benzene rings is 1. The van der Waals surface area contributed by atoms with E-state index in [0.29, 0.717) is 0 Å². The van der Waals surface area contributed by atoms with Crippen LogP contribution >= 0.6 is 0 Å². The monoisotopic (exact) mass is 257 g/mol. The Labute approximate surface area is 115 Å². The molecule has 0 spiro atoms. The number of nitrogens with one attached hydrogen (secondary N) is 1. The Kier molecular flexibility index (Phi) is 4.05. The Hall–Kier alpha value is -1.61. The number of aryl methyl sites for hydroxylation is 3. The first-order valence-corrected chi connectivity index (χ1v) is 6.79. The minimum Gasteiger partial charge on any atom is -0.319 e. The van der Waals surface area contributed by atoms with Crippen molar-refractivity contribution in [3.05, 3.63) is 40.6 Å². The molecule has 0 aliphatic carbocycles. The zero-order valence-electron chi connectivity index (χ0n) is 12.5. The topological polar surface area (TPSA) is 29.9 Å². The summed E-state index contributed by atoms with van der Waals surface area (Å²) in [5, 5.41) is 7.91. The average molecular weight is 257 g/mol. The van der Waals surface area contributed by atoms with Gasteiger partial charge in [0.2, 0.25) is 0 Å². The van der Waals surface area contributed by atoms with Gasteiger partial charge in [-0.25, -0.2) is 0 Å². The fraction of sp³-hybridized carbons (Fsp3) is 0.438. The van der Waals surface area contributed by atoms with Crippen LogP contribution in [0.15, 0.2) is 18.2 Å². The molecule has 1 aromatic carbocycles. The van der Waals surface area contributed by atoms with Gasteiger partial charge in [-0.2, -0.15) is 5.10 Å². The number of rotatable bonds is 4. The van der Waals surface area contributed by atoms with Crippen LogP contribution in [0.25, 0.3) is 11.3 Å². The Morgan fingerprint density at radius 1 is 1.21 bits per heavy atom. The first kappa shape index (κ1) is 13.8. The molecule has 2 aromatic rings. The molecule has 102 valence electrons. The van der Waals surface area contributed by atoms with E-state index in [2.05, 4.69) is 44.3 Å². The van der Waals surface area contributed by atoms with Crippen molar-refractivity contribution in [2.24, 2.45) is 7.05 Å². The van der Waals surface area contributed by atoms with Gasteiger partial charge in [0.05, 0.1) is 5.69 Å². The van der Waals surface area contributed by atoms with Crippen LogP contribution < -0.4 is 5.32 Å². The van der Waals surface area contributed by atoms with Crippen molar-refractivity contribution in [1.29, 1.82) is 0 Å². The average Bonchev–Trinajstić information content (AvgIpc) is 2.63. The summed E-state index contributed by atoms with van der Waals surface area (Å²) in [6.45, 7) is 7.43. The lowest BCUT2D eigenvalue weighted by Crippen LogP contribution is -2.13. The molecule has 3 heteroatoms. The number of aromatic nitrogens is 2. The molecular formula is C16H23N3. The second-order valence-corrected chi connectivity index (χ2v) is 5.22. The molecule has 0 fully saturated rings. The van der Waals surface area contributed by atoms with Gasteiger partial charge in [0.15, 0.2) is 0 Å². The summed E-state index contributed by atoms with van der Waals surface area (Å²) in [5.41, 5.74) is 7.56. The Balaban J connectivity index is 2.45. The van der Waals surface area contributed by atoms with Crippen LogP contribution in [0.2, 0.25) is 0 Å². The highest BCUT2D eigenvalue weighted by Crippen LogP contribution is 2.28. The molecule has 0 aliphatic rings. The lowest BCUT2D eigenvalue weighted by Gasteiger charge is -2.05. The van der Waals surface area contributed by atoms with E-state index >= 15 is 0 Å². The van der Waals surface area contributed by atoms with Gasteiger partial charge in [0, 0.05) is 31.3 Å². The fourth-order valence-corrected chi connectivity index (χ4v) is 2.59. The molecule has 0 aliphatic heterocycles. The maximum Gasteiger partial charge on any atom is 0.0957 e. The lowest BCUT2D eigenvalue weighted by molar-refractivity contribution is 0.680. The third kappa shape index (κ3) is 2.71. The van der Waals surface area contributed by atoms with Crippen molar-refractivity contribution >= 4 is 0 Å². The van der Waals surface area contributed by atoms with Crippen LogP contribution in [-0.4, -0.2) is 23.4 Å². The predicted octanol–water partition coefficient (Wildman–Crippen LogP) is 2.77. The van der Waals surface area contributed by atoms with Crippen LogP contribution in [0.1, 0.15) is 22.4 Å². The summed E-state index contributed by atoms with van der Waals surface area (Å²) in [5.74, 6) is 0. The number of hydrogen-bond donors (Lipinski definition) is 1. The first-order chi connectivity index (χ1) is 9.04. The maximum absolute atomic E-state index is 4.71. The van der Waals surface area contributed by atoms with Crippen molar-refractivity contribution in [3.63, 3.8) is 0 Å². The minimum absolute atomic E-state index is 0.979. The molecule has 0 radical (unpaired) electrons. The molecule has 0 atom stereocenters. The summed E-state index contributed by atoms with van der Waals surface area (Å²) >= 11 is 0. The van der Waals surface area contributed by atoms with Crippen molar-refractivity contribution in [3.8, 4) is 11.3 Å². The fourth-order valence-electron chi connectivity index (χ4n) is 2.59. The molecule has 1 aromatic heterocycles. The highest BCUT2D eigenvalue weighted by Gasteiger charge is 2.14. The van der Waals surface area contributed by atoms with Crippen LogP contribution in [-0.2, 0) is 13.5 Å². The van der Waals surface area contributed by atoms with Gasteiger partial charge in [-0.1, -0.05) is 23.8 Å². The largest absolute Gasteiger partial charge is 0.319 e. The van der Waals surface area contributed by atoms with Gasteiger partial charge >= 0.3 is 0 Å². The van der Waals surface area contributed by atoms with E-state index in [-0.39, 0.29) is 0 Å². The molecule has 1 heterocycles. The Bertz CT molecular complexity index is 582. The molecule has 0 saturated heterocycles. The smallest absolute Gasteiger partial charge is 0.0957 e. The summed E-state index contributed by atoms with van der Waals surface area (Å²) in [6, 6.07) is 6.56. The molecule has 3 nitrogen and oxygen atoms in total. The molecule has 0 unspecified atom stereocenters. The first-order valence-electron chi connectivity index (χ1n) is 6.79. The zero-order chi connectivity index (χ0) is 14.0. The number of likely N-dealkylation sites (N-methyl/N-ethyl adjacent to an activating group) is 1. The zero-order valence-corrected chi connectivity index (χ0v) is 12.5. The molecular weight excluding hydrogens is 234 g/mol. The summed E-state index contributed by atoms with van der Waals surface area (Å²) < 4.78 is 2.02. The van der Waals surface area contributed by atoms with E-state index in [1.807, 2.05) is 18.8 Å². The second kappa shape index (κ2) is 5.57. The molecule has 0 bridgehead atoms. The maximum atomic E-state index is 4.71. The number of nitrogens with zero attached hydrogens (tertiary/aromatic N) is 2. The summed E-state index contributed by atoms with van der Waals surface area (Å²) in [6.07, 6.45) is 1.01. The van der Waals surface area contributed by atoms with Crippen molar-refractivity contribution in [2.45, 2.75) is 27.2 Å². The van der Waals surface area contributed by atoms with Gasteiger partial charge in [-0.05, 0) is 38.9 Å². The molecule has 19 heavy (non-hydrogen) atoms. The molecule has 2 rings (SSSR count). The Morgan fingerprint density at radius 2 is 1.95 bits per heavy atom. The quantitative estimate of drug-likeness (QED) is 0.912. The third-order valence-electron chi connectivity index (χ3n) is 3.68. The van der Waals surface area contributed by atoms with Gasteiger partial charge in [0.1, 0.15) is 0 Å². The van der Waals surface area contributed by atoms with E-state index < -0.39 is 0 Å². The molecule has 0 amide bonds. The van der Waals surface area contributed by atoms with Crippen LogP contribution in [0.4, 0.5) is 0 Å². The Morgan fingerprint density at radius 3 is 2.58 bits per heavy atom. The van der Waals surface area contributed by atoms with Gasteiger partial charge in [-0.15, -0.1) is 0 Å². The minimum atomic E-state index is 0.979. The van der Waals surface area contributed by atoms with Crippen LogP contribution in [0, 0.1) is 20.8 Å². The number of hydrogen-bond acceptors (Lipinski definition) is 2. The van der Waals surface area contributed by atoms with Gasteiger partial charge < -0.3 is 5.32 Å². The highest BCUT2D eigenvalue weighted by molar-refractivity contribution is 5.67. The van der Waals surface area contributed by atoms with Crippen molar-refractivity contribution in [2.75, 3.05) is 13.6 Å². The van der Waals surface area contributed by atoms with Crippen LogP contribution in [0.3, 0.4) is 0 Å². The van der Waals surface area contributed by atoms with Crippen LogP contribution in [0.5, 0.6) is 0 Å².